The third-order valence-corrected chi connectivity index (χ3v) is 3.02. The largest absolute Gasteiger partial charge is 0.475 e. The van der Waals surface area contributed by atoms with Crippen LogP contribution in [-0.2, 0) is 4.74 Å². The highest BCUT2D eigenvalue weighted by Crippen LogP contribution is 2.45. The smallest absolute Gasteiger partial charge is 0.161 e. The molecule has 1 rings (SSSR count). The Morgan fingerprint density at radius 2 is 1.29 bits per heavy atom. The molecular weight excluding hydrogens is 210 g/mol. The van der Waals surface area contributed by atoms with Crippen LogP contribution in [0.1, 0.15) is 62.3 Å². The molecule has 1 aliphatic rings. The van der Waals surface area contributed by atoms with Crippen molar-refractivity contribution in [2.75, 3.05) is 6.73 Å². The van der Waals surface area contributed by atoms with Crippen molar-refractivity contribution in [1.82, 2.24) is 4.90 Å². The highest BCUT2D eigenvalue weighted by Gasteiger charge is 2.41. The van der Waals surface area contributed by atoms with Gasteiger partial charge in [0, 0.05) is 16.4 Å². The first-order valence-electron chi connectivity index (χ1n) is 6.51. The van der Waals surface area contributed by atoms with E-state index in [-0.39, 0.29) is 16.4 Å². The van der Waals surface area contributed by atoms with Gasteiger partial charge < -0.3 is 9.64 Å². The van der Waals surface area contributed by atoms with E-state index in [0.717, 1.165) is 5.76 Å². The average molecular weight is 239 g/mol. The number of hydrogen-bond acceptors (Lipinski definition) is 2. The molecule has 0 aromatic rings. The molecule has 0 N–H and O–H groups in total. The summed E-state index contributed by atoms with van der Waals surface area (Å²) >= 11 is 0. The van der Waals surface area contributed by atoms with Crippen molar-refractivity contribution in [3.8, 4) is 0 Å². The lowest BCUT2D eigenvalue weighted by molar-refractivity contribution is 0.0648. The van der Waals surface area contributed by atoms with Gasteiger partial charge in [0.1, 0.15) is 5.76 Å². The predicted molar refractivity (Wildman–Crippen MR) is 73.5 cm³/mol. The summed E-state index contributed by atoms with van der Waals surface area (Å²) in [7, 11) is 0. The maximum atomic E-state index is 6.00. The minimum Gasteiger partial charge on any atom is -0.475 e. The molecule has 0 fully saturated rings. The second-order valence-electron chi connectivity index (χ2n) is 8.05. The number of nitrogens with zero attached hydrogens (tertiary/aromatic N) is 1. The van der Waals surface area contributed by atoms with Crippen LogP contribution in [0.25, 0.3) is 0 Å². The quantitative estimate of drug-likeness (QED) is 0.622. The summed E-state index contributed by atoms with van der Waals surface area (Å²) in [4.78, 5) is 2.40. The van der Waals surface area contributed by atoms with E-state index in [1.54, 1.807) is 0 Å². The van der Waals surface area contributed by atoms with E-state index in [9.17, 15) is 0 Å². The predicted octanol–water partition coefficient (Wildman–Crippen LogP) is 4.38. The first kappa shape index (κ1) is 14.4. The third kappa shape index (κ3) is 2.97. The van der Waals surface area contributed by atoms with Gasteiger partial charge in [0.2, 0.25) is 0 Å². The molecule has 0 atom stereocenters. The fourth-order valence-corrected chi connectivity index (χ4v) is 2.23. The van der Waals surface area contributed by atoms with Crippen LogP contribution in [0.3, 0.4) is 0 Å². The molecule has 0 saturated heterocycles. The molecule has 0 spiro atoms. The maximum Gasteiger partial charge on any atom is 0.161 e. The van der Waals surface area contributed by atoms with E-state index in [0.29, 0.717) is 6.73 Å². The lowest BCUT2D eigenvalue weighted by Crippen LogP contribution is -2.42. The van der Waals surface area contributed by atoms with Crippen molar-refractivity contribution >= 4 is 0 Å². The van der Waals surface area contributed by atoms with Crippen LogP contribution in [0.4, 0.5) is 0 Å². The van der Waals surface area contributed by atoms with Crippen molar-refractivity contribution < 1.29 is 4.74 Å². The number of ether oxygens (including phenoxy) is 1. The van der Waals surface area contributed by atoms with E-state index < -0.39 is 0 Å². The van der Waals surface area contributed by atoms with Gasteiger partial charge in [-0.3, -0.25) is 0 Å². The van der Waals surface area contributed by atoms with Gasteiger partial charge in [-0.05, 0) is 20.8 Å². The van der Waals surface area contributed by atoms with Crippen molar-refractivity contribution in [3.63, 3.8) is 0 Å². The molecule has 1 heterocycles. The molecule has 17 heavy (non-hydrogen) atoms. The van der Waals surface area contributed by atoms with Crippen LogP contribution in [-0.4, -0.2) is 17.2 Å². The minimum absolute atomic E-state index is 0.0720. The van der Waals surface area contributed by atoms with Crippen LogP contribution < -0.4 is 0 Å². The molecular formula is C15H29NO. The van der Waals surface area contributed by atoms with Gasteiger partial charge >= 0.3 is 0 Å². The molecule has 0 aromatic heterocycles. The first-order chi connectivity index (χ1) is 7.35. The van der Waals surface area contributed by atoms with Crippen LogP contribution in [0.15, 0.2) is 11.5 Å². The van der Waals surface area contributed by atoms with E-state index >= 15 is 0 Å². The molecule has 2 heteroatoms. The zero-order valence-corrected chi connectivity index (χ0v) is 13.1. The Morgan fingerprint density at radius 1 is 0.824 bits per heavy atom. The van der Waals surface area contributed by atoms with Gasteiger partial charge in [0.05, 0.1) is 5.70 Å². The Balaban J connectivity index is 3.31. The second-order valence-corrected chi connectivity index (χ2v) is 8.05. The van der Waals surface area contributed by atoms with Gasteiger partial charge in [-0.25, -0.2) is 0 Å². The third-order valence-electron chi connectivity index (χ3n) is 3.02. The molecule has 2 nitrogen and oxygen atoms in total. The van der Waals surface area contributed by atoms with E-state index in [4.69, 9.17) is 4.74 Å². The molecule has 0 unspecified atom stereocenters. The van der Waals surface area contributed by atoms with Gasteiger partial charge in [0.15, 0.2) is 6.73 Å². The topological polar surface area (TPSA) is 12.5 Å². The van der Waals surface area contributed by atoms with Gasteiger partial charge in [-0.1, -0.05) is 41.5 Å². The van der Waals surface area contributed by atoms with E-state index in [1.165, 1.54) is 5.70 Å². The summed E-state index contributed by atoms with van der Waals surface area (Å²) in [5, 5.41) is 0. The summed E-state index contributed by atoms with van der Waals surface area (Å²) in [6, 6.07) is 0. The number of hydrogen-bond donors (Lipinski definition) is 0. The summed E-state index contributed by atoms with van der Waals surface area (Å²) < 4.78 is 6.00. The fraction of sp³-hybridized carbons (Fsp3) is 0.867. The molecule has 1 aliphatic heterocycles. The van der Waals surface area contributed by atoms with Crippen molar-refractivity contribution in [3.05, 3.63) is 11.5 Å². The summed E-state index contributed by atoms with van der Waals surface area (Å²) in [5.74, 6) is 1.15. The SMILES string of the molecule is CC(C)(C)C1=C(C(C)(C)C)N(C(C)(C)C)CO1. The lowest BCUT2D eigenvalue weighted by atomic mass is 9.82. The number of allylic oxidation sites excluding steroid dienone is 2. The van der Waals surface area contributed by atoms with Crippen LogP contribution in [0.5, 0.6) is 0 Å². The number of rotatable bonds is 0. The van der Waals surface area contributed by atoms with Crippen LogP contribution in [0.2, 0.25) is 0 Å². The Kier molecular flexibility index (Phi) is 3.33. The van der Waals surface area contributed by atoms with Crippen LogP contribution >= 0.6 is 0 Å². The maximum absolute atomic E-state index is 6.00. The van der Waals surface area contributed by atoms with Crippen LogP contribution in [0, 0.1) is 10.8 Å². The lowest BCUT2D eigenvalue weighted by Gasteiger charge is -2.39. The summed E-state index contributed by atoms with van der Waals surface area (Å²) in [5.41, 5.74) is 1.66. The monoisotopic (exact) mass is 239 g/mol. The summed E-state index contributed by atoms with van der Waals surface area (Å²) in [6.45, 7) is 20.9. The highest BCUT2D eigenvalue weighted by molar-refractivity contribution is 5.23. The highest BCUT2D eigenvalue weighted by atomic mass is 16.5. The molecule has 0 saturated carbocycles. The standard InChI is InChI=1S/C15H29NO/c1-13(2,3)11-12(14(4,5)6)17-10-16(11)15(7,8)9/h10H2,1-9H3. The Bertz CT molecular complexity index is 320. The summed E-state index contributed by atoms with van der Waals surface area (Å²) in [6.07, 6.45) is 0. The van der Waals surface area contributed by atoms with Gasteiger partial charge in [0.25, 0.3) is 0 Å². The first-order valence-corrected chi connectivity index (χ1v) is 6.51. The molecule has 0 radical (unpaired) electrons. The Hall–Kier alpha value is -0.660. The molecule has 0 aliphatic carbocycles. The van der Waals surface area contributed by atoms with Gasteiger partial charge in [-0.15, -0.1) is 0 Å². The fourth-order valence-electron chi connectivity index (χ4n) is 2.23. The van der Waals surface area contributed by atoms with E-state index in [2.05, 4.69) is 67.2 Å². The molecule has 0 bridgehead atoms. The molecule has 0 aromatic carbocycles. The second kappa shape index (κ2) is 3.93. The van der Waals surface area contributed by atoms with Crippen molar-refractivity contribution in [1.29, 1.82) is 0 Å². The van der Waals surface area contributed by atoms with E-state index in [1.807, 2.05) is 0 Å². The van der Waals surface area contributed by atoms with Gasteiger partial charge in [-0.2, -0.15) is 0 Å². The zero-order valence-electron chi connectivity index (χ0n) is 13.1. The van der Waals surface area contributed by atoms with Crippen molar-refractivity contribution in [2.24, 2.45) is 10.8 Å². The molecule has 0 amide bonds. The average Bonchev–Trinajstić information content (AvgIpc) is 2.42. The molecule has 100 valence electrons. The van der Waals surface area contributed by atoms with Crippen molar-refractivity contribution in [2.45, 2.75) is 67.9 Å². The minimum atomic E-state index is 0.0720. The Morgan fingerprint density at radius 3 is 1.59 bits per heavy atom. The Labute approximate surface area is 107 Å². The zero-order chi connectivity index (χ0) is 13.6. The normalized spacial score (nSPS) is 18.8.